The van der Waals surface area contributed by atoms with Gasteiger partial charge in [-0.3, -0.25) is 4.79 Å². The fourth-order valence-electron chi connectivity index (χ4n) is 2.06. The van der Waals surface area contributed by atoms with Crippen LogP contribution in [0.5, 0.6) is 0 Å². The van der Waals surface area contributed by atoms with Crippen LogP contribution >= 0.6 is 23.1 Å². The van der Waals surface area contributed by atoms with Gasteiger partial charge < -0.3 is 0 Å². The largest absolute Gasteiger partial charge is 0.297 e. The van der Waals surface area contributed by atoms with Crippen LogP contribution in [0, 0.1) is 6.92 Å². The van der Waals surface area contributed by atoms with E-state index in [0.29, 0.717) is 10.7 Å². The van der Waals surface area contributed by atoms with E-state index in [1.807, 2.05) is 20.8 Å². The first-order valence-corrected chi connectivity index (χ1v) is 9.10. The van der Waals surface area contributed by atoms with E-state index in [4.69, 9.17) is 0 Å². The Kier molecular flexibility index (Phi) is 4.25. The third-order valence-corrected chi connectivity index (χ3v) is 5.47. The highest BCUT2D eigenvalue weighted by molar-refractivity contribution is 8.00. The highest BCUT2D eigenvalue weighted by atomic mass is 32.2. The normalized spacial score (nSPS) is 12.0. The standard InChI is InChI=1S/C16H18N4OS2/c1-10-5-7-11(8-6-10)9-22-15-19-20-13(21)12(16(2,3)4)17-18-14(20)23-15/h5-8H,9H2,1-4H3. The molecular formula is C16H18N4OS2. The zero-order chi connectivity index (χ0) is 16.6. The monoisotopic (exact) mass is 346 g/mol. The van der Waals surface area contributed by atoms with Gasteiger partial charge in [-0.2, -0.15) is 4.52 Å². The van der Waals surface area contributed by atoms with E-state index in [9.17, 15) is 4.79 Å². The Morgan fingerprint density at radius 3 is 2.52 bits per heavy atom. The lowest BCUT2D eigenvalue weighted by Crippen LogP contribution is -2.30. The minimum atomic E-state index is -0.343. The Morgan fingerprint density at radius 1 is 1.17 bits per heavy atom. The van der Waals surface area contributed by atoms with E-state index in [1.165, 1.54) is 27.0 Å². The minimum absolute atomic E-state index is 0.180. The van der Waals surface area contributed by atoms with E-state index < -0.39 is 0 Å². The van der Waals surface area contributed by atoms with Gasteiger partial charge in [-0.05, 0) is 12.5 Å². The molecule has 3 rings (SSSR count). The molecule has 0 atom stereocenters. The molecule has 0 bridgehead atoms. The molecule has 1 aromatic carbocycles. The van der Waals surface area contributed by atoms with Gasteiger partial charge in [0.2, 0.25) is 4.96 Å². The van der Waals surface area contributed by atoms with Crippen molar-refractivity contribution in [2.24, 2.45) is 0 Å². The molecule has 23 heavy (non-hydrogen) atoms. The van der Waals surface area contributed by atoms with Gasteiger partial charge in [0, 0.05) is 11.2 Å². The number of thioether (sulfide) groups is 1. The van der Waals surface area contributed by atoms with Crippen molar-refractivity contribution in [3.8, 4) is 0 Å². The van der Waals surface area contributed by atoms with Crippen LogP contribution in [0.15, 0.2) is 33.4 Å². The molecule has 5 nitrogen and oxygen atoms in total. The molecule has 3 aromatic rings. The quantitative estimate of drug-likeness (QED) is 0.680. The maximum absolute atomic E-state index is 12.5. The molecule has 0 aliphatic carbocycles. The average molecular weight is 346 g/mol. The van der Waals surface area contributed by atoms with Gasteiger partial charge in [0.05, 0.1) is 0 Å². The molecule has 0 unspecified atom stereocenters. The van der Waals surface area contributed by atoms with E-state index in [2.05, 4.69) is 46.5 Å². The van der Waals surface area contributed by atoms with Gasteiger partial charge in [0.1, 0.15) is 5.69 Å². The Morgan fingerprint density at radius 2 is 1.87 bits per heavy atom. The summed E-state index contributed by atoms with van der Waals surface area (Å²) in [5, 5.41) is 12.7. The molecule has 2 aromatic heterocycles. The predicted octanol–water partition coefficient (Wildman–Crippen LogP) is 3.44. The highest BCUT2D eigenvalue weighted by Crippen LogP contribution is 2.27. The van der Waals surface area contributed by atoms with E-state index in [-0.39, 0.29) is 11.0 Å². The molecule has 0 saturated heterocycles. The van der Waals surface area contributed by atoms with Crippen LogP contribution in [0.3, 0.4) is 0 Å². The van der Waals surface area contributed by atoms with Crippen molar-refractivity contribution in [3.63, 3.8) is 0 Å². The molecule has 0 radical (unpaired) electrons. The topological polar surface area (TPSA) is 60.2 Å². The van der Waals surface area contributed by atoms with Crippen LogP contribution in [0.1, 0.15) is 37.6 Å². The predicted molar refractivity (Wildman–Crippen MR) is 94.4 cm³/mol. The van der Waals surface area contributed by atoms with Crippen molar-refractivity contribution in [3.05, 3.63) is 51.4 Å². The summed E-state index contributed by atoms with van der Waals surface area (Å²) in [6, 6.07) is 8.42. The summed E-state index contributed by atoms with van der Waals surface area (Å²) >= 11 is 3.00. The summed E-state index contributed by atoms with van der Waals surface area (Å²) in [5.41, 5.74) is 2.39. The molecule has 0 spiro atoms. The van der Waals surface area contributed by atoms with E-state index in [0.717, 1.165) is 10.1 Å². The number of hydrogen-bond acceptors (Lipinski definition) is 6. The molecule has 0 saturated carbocycles. The zero-order valence-electron chi connectivity index (χ0n) is 13.5. The molecule has 0 fully saturated rings. The SMILES string of the molecule is Cc1ccc(CSc2nn3c(=O)c(C(C)(C)C)nnc3s2)cc1. The van der Waals surface area contributed by atoms with Crippen molar-refractivity contribution in [2.75, 3.05) is 0 Å². The number of benzene rings is 1. The van der Waals surface area contributed by atoms with Gasteiger partial charge in [-0.15, -0.1) is 15.3 Å². The van der Waals surface area contributed by atoms with Gasteiger partial charge in [0.15, 0.2) is 4.34 Å². The van der Waals surface area contributed by atoms with Crippen LogP contribution in [0.4, 0.5) is 0 Å². The Bertz CT molecular complexity index is 891. The number of rotatable bonds is 3. The van der Waals surface area contributed by atoms with Crippen LogP contribution in [0.2, 0.25) is 0 Å². The summed E-state index contributed by atoms with van der Waals surface area (Å²) in [4.78, 5) is 13.0. The van der Waals surface area contributed by atoms with Crippen molar-refractivity contribution < 1.29 is 0 Å². The fraction of sp³-hybridized carbons (Fsp3) is 0.375. The smallest absolute Gasteiger partial charge is 0.265 e. The molecular weight excluding hydrogens is 328 g/mol. The minimum Gasteiger partial charge on any atom is -0.265 e. The molecule has 0 amide bonds. The van der Waals surface area contributed by atoms with Gasteiger partial charge in [0.25, 0.3) is 5.56 Å². The number of fused-ring (bicyclic) bond motifs is 1. The number of aryl methyl sites for hydroxylation is 1. The second-order valence-electron chi connectivity index (χ2n) is 6.44. The van der Waals surface area contributed by atoms with Crippen molar-refractivity contribution >= 4 is 28.1 Å². The summed E-state index contributed by atoms with van der Waals surface area (Å²) in [7, 11) is 0. The van der Waals surface area contributed by atoms with Crippen LogP contribution < -0.4 is 5.56 Å². The van der Waals surface area contributed by atoms with Gasteiger partial charge in [-0.25, -0.2) is 0 Å². The number of hydrogen-bond donors (Lipinski definition) is 0. The lowest BCUT2D eigenvalue weighted by Gasteiger charge is -2.14. The molecule has 120 valence electrons. The summed E-state index contributed by atoms with van der Waals surface area (Å²) in [6.45, 7) is 7.92. The van der Waals surface area contributed by atoms with E-state index >= 15 is 0 Å². The van der Waals surface area contributed by atoms with Crippen molar-refractivity contribution in [2.45, 2.75) is 43.2 Å². The molecule has 0 N–H and O–H groups in total. The van der Waals surface area contributed by atoms with Gasteiger partial charge in [-0.1, -0.05) is 73.7 Å². The second-order valence-corrected chi connectivity index (χ2v) is 8.62. The lowest BCUT2D eigenvalue weighted by molar-refractivity contribution is 0.541. The van der Waals surface area contributed by atoms with E-state index in [1.54, 1.807) is 11.8 Å². The Balaban J connectivity index is 1.87. The highest BCUT2D eigenvalue weighted by Gasteiger charge is 2.23. The third kappa shape index (κ3) is 3.45. The first kappa shape index (κ1) is 16.1. The third-order valence-electron chi connectivity index (χ3n) is 3.37. The molecule has 2 heterocycles. The van der Waals surface area contributed by atoms with Crippen molar-refractivity contribution in [1.82, 2.24) is 19.8 Å². The Labute approximate surface area is 142 Å². The lowest BCUT2D eigenvalue weighted by atomic mass is 9.93. The first-order chi connectivity index (χ1) is 10.8. The first-order valence-electron chi connectivity index (χ1n) is 7.30. The molecule has 0 aliphatic heterocycles. The maximum atomic E-state index is 12.5. The fourth-order valence-corrected chi connectivity index (χ4v) is 3.88. The second kappa shape index (κ2) is 6.05. The van der Waals surface area contributed by atoms with Crippen LogP contribution in [-0.2, 0) is 11.2 Å². The van der Waals surface area contributed by atoms with Crippen LogP contribution in [0.25, 0.3) is 4.96 Å². The Hall–Kier alpha value is -1.73. The summed E-state index contributed by atoms with van der Waals surface area (Å²) < 4.78 is 2.19. The summed E-state index contributed by atoms with van der Waals surface area (Å²) in [6.07, 6.45) is 0. The summed E-state index contributed by atoms with van der Waals surface area (Å²) in [5.74, 6) is 0.814. The van der Waals surface area contributed by atoms with Gasteiger partial charge >= 0.3 is 0 Å². The molecule has 0 aliphatic rings. The van der Waals surface area contributed by atoms with Crippen LogP contribution in [-0.4, -0.2) is 19.8 Å². The molecule has 7 heteroatoms. The number of nitrogens with zero attached hydrogens (tertiary/aromatic N) is 4. The zero-order valence-corrected chi connectivity index (χ0v) is 15.2. The average Bonchev–Trinajstić information content (AvgIpc) is 2.90. The maximum Gasteiger partial charge on any atom is 0.297 e. The van der Waals surface area contributed by atoms with Crippen molar-refractivity contribution in [1.29, 1.82) is 0 Å². The number of aromatic nitrogens is 4.